The molecule has 0 radical (unpaired) electrons. The van der Waals surface area contributed by atoms with Crippen molar-refractivity contribution in [3.8, 4) is 11.5 Å². The minimum absolute atomic E-state index is 0.159. The molecule has 1 fully saturated rings. The van der Waals surface area contributed by atoms with Gasteiger partial charge in [-0.1, -0.05) is 6.07 Å². The van der Waals surface area contributed by atoms with Crippen LogP contribution in [-0.4, -0.2) is 32.4 Å². The minimum atomic E-state index is -0.967. The van der Waals surface area contributed by atoms with Crippen molar-refractivity contribution in [3.05, 3.63) is 23.8 Å². The predicted molar refractivity (Wildman–Crippen MR) is 74.7 cm³/mol. The fourth-order valence-electron chi connectivity index (χ4n) is 2.89. The van der Waals surface area contributed by atoms with E-state index >= 15 is 0 Å². The van der Waals surface area contributed by atoms with E-state index in [1.165, 1.54) is 0 Å². The number of hydrogen-bond donors (Lipinski definition) is 2. The van der Waals surface area contributed by atoms with Gasteiger partial charge in [0.1, 0.15) is 11.5 Å². The van der Waals surface area contributed by atoms with Crippen molar-refractivity contribution in [2.75, 3.05) is 27.3 Å². The van der Waals surface area contributed by atoms with Crippen molar-refractivity contribution < 1.29 is 14.6 Å². The lowest BCUT2D eigenvalue weighted by atomic mass is 9.78. The van der Waals surface area contributed by atoms with Crippen LogP contribution >= 0.6 is 0 Å². The van der Waals surface area contributed by atoms with Gasteiger partial charge in [-0.2, -0.15) is 0 Å². The molecular formula is C15H23NO3. The SMILES string of the molecule is COc1cccc(OC)c1C(C)(O)C1CCCNC1. The molecule has 1 aliphatic rings. The van der Waals surface area contributed by atoms with Crippen molar-refractivity contribution in [1.29, 1.82) is 0 Å². The lowest BCUT2D eigenvalue weighted by molar-refractivity contribution is -0.0192. The highest BCUT2D eigenvalue weighted by atomic mass is 16.5. The van der Waals surface area contributed by atoms with Crippen molar-refractivity contribution in [3.63, 3.8) is 0 Å². The van der Waals surface area contributed by atoms with Crippen LogP contribution in [0, 0.1) is 5.92 Å². The Balaban J connectivity index is 2.42. The molecule has 19 heavy (non-hydrogen) atoms. The van der Waals surface area contributed by atoms with Crippen molar-refractivity contribution in [2.24, 2.45) is 5.92 Å². The summed E-state index contributed by atoms with van der Waals surface area (Å²) in [7, 11) is 3.24. The van der Waals surface area contributed by atoms with Crippen molar-refractivity contribution in [2.45, 2.75) is 25.4 Å². The van der Waals surface area contributed by atoms with E-state index in [2.05, 4.69) is 5.32 Å². The normalized spacial score (nSPS) is 22.6. The fourth-order valence-corrected chi connectivity index (χ4v) is 2.89. The van der Waals surface area contributed by atoms with Gasteiger partial charge >= 0.3 is 0 Å². The summed E-state index contributed by atoms with van der Waals surface area (Å²) < 4.78 is 10.8. The van der Waals surface area contributed by atoms with Gasteiger partial charge in [-0.15, -0.1) is 0 Å². The van der Waals surface area contributed by atoms with Gasteiger partial charge < -0.3 is 19.9 Å². The van der Waals surface area contributed by atoms with Gasteiger partial charge in [0, 0.05) is 12.5 Å². The van der Waals surface area contributed by atoms with Crippen LogP contribution in [0.15, 0.2) is 18.2 Å². The van der Waals surface area contributed by atoms with Crippen molar-refractivity contribution >= 4 is 0 Å². The molecule has 2 rings (SSSR count). The number of methoxy groups -OCH3 is 2. The highest BCUT2D eigenvalue weighted by molar-refractivity contribution is 5.48. The van der Waals surface area contributed by atoms with Crippen LogP contribution in [0.3, 0.4) is 0 Å². The van der Waals surface area contributed by atoms with Gasteiger partial charge in [0.05, 0.1) is 25.4 Å². The number of ether oxygens (including phenoxy) is 2. The molecule has 0 aliphatic carbocycles. The first-order valence-electron chi connectivity index (χ1n) is 6.75. The number of benzene rings is 1. The molecule has 0 spiro atoms. The average Bonchev–Trinajstić information content (AvgIpc) is 2.47. The zero-order chi connectivity index (χ0) is 13.9. The van der Waals surface area contributed by atoms with Gasteiger partial charge in [0.25, 0.3) is 0 Å². The second-order valence-corrected chi connectivity index (χ2v) is 5.23. The summed E-state index contributed by atoms with van der Waals surface area (Å²) in [6.07, 6.45) is 2.08. The predicted octanol–water partition coefficient (Wildman–Crippen LogP) is 1.91. The number of nitrogens with one attached hydrogen (secondary N) is 1. The highest BCUT2D eigenvalue weighted by Gasteiger charge is 2.39. The van der Waals surface area contributed by atoms with E-state index in [0.29, 0.717) is 11.5 Å². The maximum absolute atomic E-state index is 11.0. The molecule has 106 valence electrons. The Kier molecular flexibility index (Phi) is 4.32. The summed E-state index contributed by atoms with van der Waals surface area (Å²) in [4.78, 5) is 0. The molecule has 1 saturated heterocycles. The summed E-state index contributed by atoms with van der Waals surface area (Å²) in [6, 6.07) is 5.60. The minimum Gasteiger partial charge on any atom is -0.496 e. The maximum Gasteiger partial charge on any atom is 0.128 e. The molecule has 0 aromatic heterocycles. The zero-order valence-electron chi connectivity index (χ0n) is 11.9. The quantitative estimate of drug-likeness (QED) is 0.873. The summed E-state index contributed by atoms with van der Waals surface area (Å²) in [5.74, 6) is 1.51. The third kappa shape index (κ3) is 2.69. The standard InChI is InChI=1S/C15H23NO3/c1-15(17,11-6-5-9-16-10-11)14-12(18-2)7-4-8-13(14)19-3/h4,7-8,11,16-17H,5-6,9-10H2,1-3H3. The summed E-state index contributed by atoms with van der Waals surface area (Å²) >= 11 is 0. The number of piperidine rings is 1. The van der Waals surface area contributed by atoms with Crippen LogP contribution in [0.5, 0.6) is 11.5 Å². The molecule has 0 bridgehead atoms. The van der Waals surface area contributed by atoms with Crippen LogP contribution in [0.2, 0.25) is 0 Å². The van der Waals surface area contributed by atoms with E-state index in [1.807, 2.05) is 25.1 Å². The molecule has 1 aromatic rings. The Bertz CT molecular complexity index is 403. The van der Waals surface area contributed by atoms with E-state index in [9.17, 15) is 5.11 Å². The monoisotopic (exact) mass is 265 g/mol. The van der Waals surface area contributed by atoms with E-state index in [1.54, 1.807) is 14.2 Å². The van der Waals surface area contributed by atoms with Crippen LogP contribution in [0.1, 0.15) is 25.3 Å². The molecule has 1 heterocycles. The number of aliphatic hydroxyl groups is 1. The average molecular weight is 265 g/mol. The Hall–Kier alpha value is -1.26. The van der Waals surface area contributed by atoms with Gasteiger partial charge in [0.15, 0.2) is 0 Å². The molecule has 0 saturated carbocycles. The second-order valence-electron chi connectivity index (χ2n) is 5.23. The van der Waals surface area contributed by atoms with Crippen LogP contribution in [0.25, 0.3) is 0 Å². The molecule has 4 nitrogen and oxygen atoms in total. The molecule has 0 amide bonds. The van der Waals surface area contributed by atoms with Gasteiger partial charge in [0.2, 0.25) is 0 Å². The third-order valence-electron chi connectivity index (χ3n) is 4.03. The lowest BCUT2D eigenvalue weighted by Crippen LogP contribution is -2.42. The van der Waals surface area contributed by atoms with E-state index < -0.39 is 5.60 Å². The molecule has 1 aromatic carbocycles. The fraction of sp³-hybridized carbons (Fsp3) is 0.600. The largest absolute Gasteiger partial charge is 0.496 e. The second kappa shape index (κ2) is 5.80. The maximum atomic E-state index is 11.0. The van der Waals surface area contributed by atoms with Gasteiger partial charge in [-0.3, -0.25) is 0 Å². The lowest BCUT2D eigenvalue weighted by Gasteiger charge is -2.37. The first-order chi connectivity index (χ1) is 9.11. The number of rotatable bonds is 4. The molecule has 4 heteroatoms. The van der Waals surface area contributed by atoms with Crippen LogP contribution in [-0.2, 0) is 5.60 Å². The summed E-state index contributed by atoms with van der Waals surface area (Å²) in [6.45, 7) is 3.69. The molecule has 2 N–H and O–H groups in total. The van der Waals surface area contributed by atoms with Gasteiger partial charge in [-0.05, 0) is 38.4 Å². The highest BCUT2D eigenvalue weighted by Crippen LogP contribution is 2.43. The van der Waals surface area contributed by atoms with Gasteiger partial charge in [-0.25, -0.2) is 0 Å². The Morgan fingerprint density at radius 2 is 1.89 bits per heavy atom. The molecular weight excluding hydrogens is 242 g/mol. The Morgan fingerprint density at radius 3 is 2.37 bits per heavy atom. The zero-order valence-corrected chi connectivity index (χ0v) is 11.9. The molecule has 1 aliphatic heterocycles. The van der Waals surface area contributed by atoms with Crippen LogP contribution in [0.4, 0.5) is 0 Å². The first-order valence-corrected chi connectivity index (χ1v) is 6.75. The first kappa shape index (κ1) is 14.2. The summed E-state index contributed by atoms with van der Waals surface area (Å²) in [5, 5.41) is 14.4. The molecule has 2 atom stereocenters. The topological polar surface area (TPSA) is 50.7 Å². The smallest absolute Gasteiger partial charge is 0.128 e. The third-order valence-corrected chi connectivity index (χ3v) is 4.03. The summed E-state index contributed by atoms with van der Waals surface area (Å²) in [5.41, 5.74) is -0.223. The van der Waals surface area contributed by atoms with Crippen molar-refractivity contribution in [1.82, 2.24) is 5.32 Å². The Morgan fingerprint density at radius 1 is 1.26 bits per heavy atom. The van der Waals surface area contributed by atoms with E-state index in [-0.39, 0.29) is 5.92 Å². The molecule has 2 unspecified atom stereocenters. The van der Waals surface area contributed by atoms with E-state index in [0.717, 1.165) is 31.5 Å². The van der Waals surface area contributed by atoms with Crippen LogP contribution < -0.4 is 14.8 Å². The Labute approximate surface area is 114 Å². The van der Waals surface area contributed by atoms with E-state index in [4.69, 9.17) is 9.47 Å². The number of hydrogen-bond acceptors (Lipinski definition) is 4.